The minimum absolute atomic E-state index is 0.245. The third-order valence-corrected chi connectivity index (χ3v) is 3.44. The van der Waals surface area contributed by atoms with Crippen molar-refractivity contribution in [3.05, 3.63) is 0 Å². The maximum absolute atomic E-state index is 9.59. The molecule has 0 saturated carbocycles. The van der Waals surface area contributed by atoms with Crippen molar-refractivity contribution in [3.8, 4) is 0 Å². The first-order valence-electron chi connectivity index (χ1n) is 7.83. The fourth-order valence-electron chi connectivity index (χ4n) is 1.95. The molecule has 0 aliphatic carbocycles. The number of esters is 1. The summed E-state index contributed by atoms with van der Waals surface area (Å²) in [5.41, 5.74) is 0. The molecule has 3 nitrogen and oxygen atoms in total. The smallest absolute Gasteiger partial charge is 0.302 e. The molecule has 0 heterocycles. The van der Waals surface area contributed by atoms with Crippen LogP contribution in [0.1, 0.15) is 66.2 Å². The Bertz CT molecular complexity index is 183. The second-order valence-corrected chi connectivity index (χ2v) is 5.55. The number of quaternary nitrogens is 1. The molecule has 3 heteroatoms. The van der Waals surface area contributed by atoms with Crippen LogP contribution in [0.3, 0.4) is 0 Å². The molecule has 0 atom stereocenters. The van der Waals surface area contributed by atoms with Crippen molar-refractivity contribution in [2.75, 3.05) is 33.8 Å². The summed E-state index contributed by atoms with van der Waals surface area (Å²) in [5.74, 6) is -0.245. The predicted octanol–water partition coefficient (Wildman–Crippen LogP) is 4.01. The van der Waals surface area contributed by atoms with Gasteiger partial charge in [-0.05, 0) is 19.3 Å². The number of methoxy groups -OCH3 is 1. The van der Waals surface area contributed by atoms with E-state index in [1.807, 2.05) is 0 Å². The van der Waals surface area contributed by atoms with Gasteiger partial charge in [0, 0.05) is 6.92 Å². The van der Waals surface area contributed by atoms with Crippen LogP contribution in [-0.4, -0.2) is 44.2 Å². The van der Waals surface area contributed by atoms with E-state index >= 15 is 0 Å². The van der Waals surface area contributed by atoms with Gasteiger partial charge in [-0.3, -0.25) is 4.79 Å². The first kappa shape index (κ1) is 20.7. The van der Waals surface area contributed by atoms with Crippen LogP contribution >= 0.6 is 0 Å². The van der Waals surface area contributed by atoms with Gasteiger partial charge in [-0.2, -0.15) is 0 Å². The predicted molar refractivity (Wildman–Crippen MR) is 83.2 cm³/mol. The van der Waals surface area contributed by atoms with Crippen LogP contribution in [0.4, 0.5) is 0 Å². The maximum atomic E-state index is 9.59. The minimum Gasteiger partial charge on any atom is -0.469 e. The van der Waals surface area contributed by atoms with Crippen LogP contribution in [0.2, 0.25) is 0 Å². The fourth-order valence-corrected chi connectivity index (χ4v) is 1.95. The molecule has 0 spiro atoms. The van der Waals surface area contributed by atoms with Crippen molar-refractivity contribution in [3.63, 3.8) is 0 Å². The van der Waals surface area contributed by atoms with E-state index in [-0.39, 0.29) is 5.97 Å². The van der Waals surface area contributed by atoms with Gasteiger partial charge in [0.15, 0.2) is 0 Å². The molecule has 0 radical (unpaired) electrons. The highest BCUT2D eigenvalue weighted by Crippen LogP contribution is 2.10. The fraction of sp³-hybridized carbons (Fsp3) is 0.938. The number of rotatable bonds is 9. The first-order valence-corrected chi connectivity index (χ1v) is 7.83. The second-order valence-electron chi connectivity index (χ2n) is 5.55. The van der Waals surface area contributed by atoms with Gasteiger partial charge < -0.3 is 9.22 Å². The Morgan fingerprint density at radius 3 is 1.32 bits per heavy atom. The average molecular weight is 274 g/mol. The molecular weight excluding hydrogens is 238 g/mol. The van der Waals surface area contributed by atoms with Crippen molar-refractivity contribution < 1.29 is 14.0 Å². The van der Waals surface area contributed by atoms with Gasteiger partial charge in [-0.25, -0.2) is 0 Å². The molecule has 116 valence electrons. The lowest BCUT2D eigenvalue weighted by Crippen LogP contribution is -2.46. The summed E-state index contributed by atoms with van der Waals surface area (Å²) in [6, 6.07) is 0. The van der Waals surface area contributed by atoms with Crippen molar-refractivity contribution in [2.24, 2.45) is 0 Å². The second kappa shape index (κ2) is 13.9. The minimum atomic E-state index is -0.245. The van der Waals surface area contributed by atoms with E-state index in [9.17, 15) is 4.79 Å². The molecule has 0 saturated heterocycles. The van der Waals surface area contributed by atoms with E-state index in [0.29, 0.717) is 0 Å². The van der Waals surface area contributed by atoms with Crippen LogP contribution in [0.5, 0.6) is 0 Å². The highest BCUT2D eigenvalue weighted by molar-refractivity contribution is 5.65. The Balaban J connectivity index is 0. The molecule has 0 aliphatic rings. The Hall–Kier alpha value is -0.570. The van der Waals surface area contributed by atoms with E-state index in [4.69, 9.17) is 0 Å². The largest absolute Gasteiger partial charge is 0.469 e. The summed E-state index contributed by atoms with van der Waals surface area (Å²) in [5, 5.41) is 0. The normalized spacial score (nSPS) is 10.6. The molecular formula is C16H36NO2+. The van der Waals surface area contributed by atoms with E-state index in [2.05, 4.69) is 32.6 Å². The number of hydrogen-bond donors (Lipinski definition) is 0. The lowest BCUT2D eigenvalue weighted by Gasteiger charge is -2.34. The van der Waals surface area contributed by atoms with Gasteiger partial charge in [-0.1, -0.05) is 40.0 Å². The number of unbranched alkanes of at least 4 members (excludes halogenated alkanes) is 3. The van der Waals surface area contributed by atoms with Crippen LogP contribution in [-0.2, 0) is 9.53 Å². The Kier molecular flexibility index (Phi) is 15.1. The molecule has 0 fully saturated rings. The van der Waals surface area contributed by atoms with Crippen LogP contribution in [0.25, 0.3) is 0 Å². The molecule has 0 aromatic heterocycles. The highest BCUT2D eigenvalue weighted by atomic mass is 16.5. The topological polar surface area (TPSA) is 26.3 Å². The SMILES string of the molecule is CCCC[N+](C)(CCCC)CCCC.COC(C)=O. The quantitative estimate of drug-likeness (QED) is 0.469. The molecule has 0 bridgehead atoms. The Labute approximate surface area is 120 Å². The molecule has 0 N–H and O–H groups in total. The van der Waals surface area contributed by atoms with Crippen molar-refractivity contribution >= 4 is 5.97 Å². The van der Waals surface area contributed by atoms with Crippen molar-refractivity contribution in [2.45, 2.75) is 66.2 Å². The molecule has 0 aromatic rings. The van der Waals surface area contributed by atoms with E-state index in [1.165, 1.54) is 76.7 Å². The lowest BCUT2D eigenvalue weighted by molar-refractivity contribution is -0.910. The van der Waals surface area contributed by atoms with Crippen molar-refractivity contribution in [1.29, 1.82) is 0 Å². The van der Waals surface area contributed by atoms with Crippen LogP contribution < -0.4 is 0 Å². The summed E-state index contributed by atoms with van der Waals surface area (Å²) in [6.45, 7) is 12.4. The van der Waals surface area contributed by atoms with Gasteiger partial charge in [-0.15, -0.1) is 0 Å². The number of nitrogens with zero attached hydrogens (tertiary/aromatic N) is 1. The average Bonchev–Trinajstić information content (AvgIpc) is 2.41. The van der Waals surface area contributed by atoms with Crippen molar-refractivity contribution in [1.82, 2.24) is 0 Å². The first-order chi connectivity index (χ1) is 8.95. The summed E-state index contributed by atoms with van der Waals surface area (Å²) < 4.78 is 5.43. The Morgan fingerprint density at radius 2 is 1.16 bits per heavy atom. The lowest BCUT2D eigenvalue weighted by atomic mass is 10.2. The summed E-state index contributed by atoms with van der Waals surface area (Å²) in [4.78, 5) is 9.59. The standard InChI is InChI=1S/C13H30N.C3H6O2/c1-5-8-11-14(4,12-9-6-2)13-10-7-3;1-3(4)5-2/h5-13H2,1-4H3;1-2H3/q+1;. The zero-order valence-electron chi connectivity index (χ0n) is 14.1. The van der Waals surface area contributed by atoms with Crippen LogP contribution in [0.15, 0.2) is 0 Å². The highest BCUT2D eigenvalue weighted by Gasteiger charge is 2.18. The molecule has 0 rings (SSSR count). The zero-order chi connectivity index (χ0) is 15.1. The van der Waals surface area contributed by atoms with Gasteiger partial charge in [0.2, 0.25) is 0 Å². The van der Waals surface area contributed by atoms with Gasteiger partial charge in [0.05, 0.1) is 33.8 Å². The zero-order valence-corrected chi connectivity index (χ0v) is 14.1. The van der Waals surface area contributed by atoms with E-state index in [1.54, 1.807) is 0 Å². The van der Waals surface area contributed by atoms with Gasteiger partial charge in [0.25, 0.3) is 0 Å². The summed E-state index contributed by atoms with van der Waals surface area (Å²) in [6.07, 6.45) is 8.20. The van der Waals surface area contributed by atoms with E-state index in [0.717, 1.165) is 0 Å². The number of carbonyl (C=O) groups is 1. The third kappa shape index (κ3) is 15.4. The number of hydrogen-bond acceptors (Lipinski definition) is 2. The van der Waals surface area contributed by atoms with Gasteiger partial charge in [0.1, 0.15) is 0 Å². The number of carbonyl (C=O) groups excluding carboxylic acids is 1. The maximum Gasteiger partial charge on any atom is 0.302 e. The molecule has 0 aromatic carbocycles. The number of ether oxygens (including phenoxy) is 1. The van der Waals surface area contributed by atoms with Gasteiger partial charge >= 0.3 is 5.97 Å². The monoisotopic (exact) mass is 274 g/mol. The molecule has 0 aliphatic heterocycles. The summed E-state index contributed by atoms with van der Waals surface area (Å²) in [7, 11) is 3.79. The Morgan fingerprint density at radius 1 is 0.895 bits per heavy atom. The molecule has 19 heavy (non-hydrogen) atoms. The molecule has 0 unspecified atom stereocenters. The van der Waals surface area contributed by atoms with Crippen LogP contribution in [0, 0.1) is 0 Å². The molecule has 0 amide bonds. The summed E-state index contributed by atoms with van der Waals surface area (Å²) >= 11 is 0. The van der Waals surface area contributed by atoms with E-state index < -0.39 is 0 Å². The third-order valence-electron chi connectivity index (χ3n) is 3.44.